The van der Waals surface area contributed by atoms with E-state index in [0.717, 1.165) is 16.7 Å². The summed E-state index contributed by atoms with van der Waals surface area (Å²) in [4.78, 5) is 15.0. The lowest BCUT2D eigenvalue weighted by Crippen LogP contribution is -2.15. The smallest absolute Gasteiger partial charge is 0.228 e. The van der Waals surface area contributed by atoms with Crippen LogP contribution in [0.4, 0.5) is 0 Å². The van der Waals surface area contributed by atoms with E-state index in [1.807, 2.05) is 18.2 Å². The monoisotopic (exact) mass is 253 g/mol. The van der Waals surface area contributed by atoms with Crippen LogP contribution in [-0.4, -0.2) is 18.4 Å². The third-order valence-electron chi connectivity index (χ3n) is 3.41. The molecule has 2 aliphatic rings. The van der Waals surface area contributed by atoms with Gasteiger partial charge in [-0.2, -0.15) is 0 Å². The molecule has 1 aromatic rings. The summed E-state index contributed by atoms with van der Waals surface area (Å²) in [5, 5.41) is 3.50. The SMILES string of the molecule is C=C1C2=C(OC(CN=[N+]=[N-])C2)C(=O)c2ccccc21. The van der Waals surface area contributed by atoms with Crippen LogP contribution in [0.1, 0.15) is 22.3 Å². The molecule has 1 aliphatic heterocycles. The predicted molar refractivity (Wildman–Crippen MR) is 70.3 cm³/mol. The van der Waals surface area contributed by atoms with Gasteiger partial charge in [0.15, 0.2) is 5.76 Å². The van der Waals surface area contributed by atoms with Gasteiger partial charge >= 0.3 is 0 Å². The van der Waals surface area contributed by atoms with Crippen molar-refractivity contribution >= 4 is 11.4 Å². The minimum absolute atomic E-state index is 0.110. The standard InChI is InChI=1S/C14H11N3O2/c1-8-10-4-2-3-5-11(10)13(18)14-12(8)6-9(19-14)7-16-17-15/h2-5,9H,1,6-7H2. The van der Waals surface area contributed by atoms with E-state index in [4.69, 9.17) is 10.3 Å². The average Bonchev–Trinajstić information content (AvgIpc) is 2.87. The lowest BCUT2D eigenvalue weighted by molar-refractivity contribution is 0.0861. The summed E-state index contributed by atoms with van der Waals surface area (Å²) >= 11 is 0. The fraction of sp³-hybridized carbons (Fsp3) is 0.214. The molecule has 0 saturated heterocycles. The van der Waals surface area contributed by atoms with Crippen LogP contribution in [0.5, 0.6) is 0 Å². The van der Waals surface area contributed by atoms with E-state index < -0.39 is 0 Å². The summed E-state index contributed by atoms with van der Waals surface area (Å²) in [7, 11) is 0. The third kappa shape index (κ3) is 1.72. The molecule has 1 unspecified atom stereocenters. The van der Waals surface area contributed by atoms with Gasteiger partial charge in [-0.25, -0.2) is 0 Å². The zero-order valence-corrected chi connectivity index (χ0v) is 10.2. The second kappa shape index (κ2) is 4.30. The number of rotatable bonds is 2. The first-order chi connectivity index (χ1) is 9.22. The Morgan fingerprint density at radius 2 is 2.16 bits per heavy atom. The number of carbonyl (C=O) groups is 1. The molecule has 5 heteroatoms. The number of azide groups is 1. The van der Waals surface area contributed by atoms with Gasteiger partial charge < -0.3 is 4.74 Å². The minimum atomic E-state index is -0.268. The molecule has 1 heterocycles. The van der Waals surface area contributed by atoms with Crippen molar-refractivity contribution in [1.29, 1.82) is 0 Å². The zero-order valence-electron chi connectivity index (χ0n) is 10.2. The van der Waals surface area contributed by atoms with Crippen molar-refractivity contribution in [3.63, 3.8) is 0 Å². The molecule has 0 saturated carbocycles. The van der Waals surface area contributed by atoms with E-state index in [-0.39, 0.29) is 18.4 Å². The number of ketones is 1. The van der Waals surface area contributed by atoms with Crippen LogP contribution < -0.4 is 0 Å². The van der Waals surface area contributed by atoms with Crippen molar-refractivity contribution < 1.29 is 9.53 Å². The van der Waals surface area contributed by atoms with Crippen LogP contribution in [-0.2, 0) is 4.74 Å². The number of nitrogens with zero attached hydrogens (tertiary/aromatic N) is 3. The van der Waals surface area contributed by atoms with Crippen molar-refractivity contribution in [3.05, 3.63) is 63.7 Å². The molecular weight excluding hydrogens is 242 g/mol. The molecule has 3 rings (SSSR count). The van der Waals surface area contributed by atoms with Crippen molar-refractivity contribution in [1.82, 2.24) is 0 Å². The number of carbonyl (C=O) groups excluding carboxylic acids is 1. The Hall–Kier alpha value is -2.52. The maximum Gasteiger partial charge on any atom is 0.228 e. The van der Waals surface area contributed by atoms with E-state index in [2.05, 4.69) is 16.6 Å². The number of hydrogen-bond acceptors (Lipinski definition) is 3. The van der Waals surface area contributed by atoms with E-state index in [1.54, 1.807) is 6.07 Å². The van der Waals surface area contributed by atoms with E-state index in [9.17, 15) is 4.79 Å². The third-order valence-corrected chi connectivity index (χ3v) is 3.41. The number of Topliss-reactive ketones (excluding diaryl/α,β-unsaturated/α-hetero) is 1. The molecule has 19 heavy (non-hydrogen) atoms. The highest BCUT2D eigenvalue weighted by Crippen LogP contribution is 2.41. The number of fused-ring (bicyclic) bond motifs is 1. The molecule has 0 spiro atoms. The Labute approximate surface area is 109 Å². The summed E-state index contributed by atoms with van der Waals surface area (Å²) in [6.07, 6.45) is 0.295. The first-order valence-corrected chi connectivity index (χ1v) is 5.96. The van der Waals surface area contributed by atoms with Crippen LogP contribution in [0.3, 0.4) is 0 Å². The number of ether oxygens (including phenoxy) is 1. The van der Waals surface area contributed by atoms with Gasteiger partial charge in [0.05, 0.1) is 6.54 Å². The Morgan fingerprint density at radius 1 is 1.42 bits per heavy atom. The minimum Gasteiger partial charge on any atom is -0.486 e. The van der Waals surface area contributed by atoms with Gasteiger partial charge in [0.1, 0.15) is 6.10 Å². The van der Waals surface area contributed by atoms with Gasteiger partial charge in [0, 0.05) is 22.5 Å². The van der Waals surface area contributed by atoms with Crippen molar-refractivity contribution in [2.45, 2.75) is 12.5 Å². The lowest BCUT2D eigenvalue weighted by Gasteiger charge is -2.18. The van der Waals surface area contributed by atoms with Crippen molar-refractivity contribution in [3.8, 4) is 0 Å². The molecule has 1 aromatic carbocycles. The molecule has 0 N–H and O–H groups in total. The highest BCUT2D eigenvalue weighted by Gasteiger charge is 2.36. The number of allylic oxidation sites excluding steroid dienone is 2. The zero-order chi connectivity index (χ0) is 13.4. The van der Waals surface area contributed by atoms with Gasteiger partial charge in [-0.05, 0) is 16.7 Å². The largest absolute Gasteiger partial charge is 0.486 e. The molecule has 1 atom stereocenters. The summed E-state index contributed by atoms with van der Waals surface area (Å²) in [6, 6.07) is 7.37. The van der Waals surface area contributed by atoms with Crippen LogP contribution >= 0.6 is 0 Å². The van der Waals surface area contributed by atoms with E-state index in [1.165, 1.54) is 0 Å². The van der Waals surface area contributed by atoms with Crippen LogP contribution in [0, 0.1) is 0 Å². The van der Waals surface area contributed by atoms with Gasteiger partial charge in [0.25, 0.3) is 0 Å². The van der Waals surface area contributed by atoms with Gasteiger partial charge in [-0.15, -0.1) is 0 Å². The average molecular weight is 253 g/mol. The molecule has 0 amide bonds. The molecular formula is C14H11N3O2. The Kier molecular flexibility index (Phi) is 2.62. The fourth-order valence-corrected chi connectivity index (χ4v) is 2.51. The van der Waals surface area contributed by atoms with Crippen LogP contribution in [0.15, 0.2) is 47.3 Å². The maximum atomic E-state index is 12.3. The Bertz CT molecular complexity index is 622. The lowest BCUT2D eigenvalue weighted by atomic mass is 9.85. The summed E-state index contributed by atoms with van der Waals surface area (Å²) in [6.45, 7) is 4.28. The van der Waals surface area contributed by atoms with Gasteiger partial charge in [-0.1, -0.05) is 36.0 Å². The molecule has 0 aromatic heterocycles. The fourth-order valence-electron chi connectivity index (χ4n) is 2.51. The molecule has 94 valence electrons. The van der Waals surface area contributed by atoms with Crippen molar-refractivity contribution in [2.75, 3.05) is 6.54 Å². The Balaban J connectivity index is 1.97. The highest BCUT2D eigenvalue weighted by molar-refractivity contribution is 6.16. The molecule has 1 aliphatic carbocycles. The van der Waals surface area contributed by atoms with E-state index >= 15 is 0 Å². The maximum absolute atomic E-state index is 12.3. The van der Waals surface area contributed by atoms with Gasteiger partial charge in [0.2, 0.25) is 5.78 Å². The van der Waals surface area contributed by atoms with Crippen LogP contribution in [0.25, 0.3) is 16.0 Å². The topological polar surface area (TPSA) is 75.1 Å². The summed E-state index contributed by atoms with van der Waals surface area (Å²) in [5.74, 6) is 0.253. The predicted octanol–water partition coefficient (Wildman–Crippen LogP) is 3.25. The first kappa shape index (κ1) is 11.6. The molecule has 0 fully saturated rings. The highest BCUT2D eigenvalue weighted by atomic mass is 16.5. The Morgan fingerprint density at radius 3 is 2.89 bits per heavy atom. The summed E-state index contributed by atoms with van der Waals surface area (Å²) in [5.41, 5.74) is 11.5. The summed E-state index contributed by atoms with van der Waals surface area (Å²) < 4.78 is 5.61. The molecule has 0 radical (unpaired) electrons. The number of benzene rings is 1. The van der Waals surface area contributed by atoms with E-state index in [0.29, 0.717) is 17.7 Å². The van der Waals surface area contributed by atoms with Gasteiger partial charge in [-0.3, -0.25) is 4.79 Å². The number of hydrogen-bond donors (Lipinski definition) is 0. The quantitative estimate of drug-likeness (QED) is 0.461. The van der Waals surface area contributed by atoms with Crippen molar-refractivity contribution in [2.24, 2.45) is 5.11 Å². The normalized spacial score (nSPS) is 20.5. The second-order valence-electron chi connectivity index (χ2n) is 4.52. The second-order valence-corrected chi connectivity index (χ2v) is 4.52. The first-order valence-electron chi connectivity index (χ1n) is 5.96. The molecule has 5 nitrogen and oxygen atoms in total. The molecule has 0 bridgehead atoms. The van der Waals surface area contributed by atoms with Crippen LogP contribution in [0.2, 0.25) is 0 Å².